The molecule has 1 N–H and O–H groups in total. The number of nitrogens with zero attached hydrogens (tertiary/aromatic N) is 1. The molecule has 1 aliphatic rings. The number of piperidine rings is 1. The topological polar surface area (TPSA) is 15.3 Å². The van der Waals surface area contributed by atoms with Crippen LogP contribution in [0.25, 0.3) is 0 Å². The van der Waals surface area contributed by atoms with Crippen molar-refractivity contribution in [3.8, 4) is 0 Å². The molecule has 1 saturated heterocycles. The highest BCUT2D eigenvalue weighted by Crippen LogP contribution is 2.24. The first-order valence-corrected chi connectivity index (χ1v) is 7.42. The third-order valence-electron chi connectivity index (χ3n) is 3.84. The molecular formula is C15H32N2. The Morgan fingerprint density at radius 3 is 2.59 bits per heavy atom. The van der Waals surface area contributed by atoms with Crippen LogP contribution in [0.1, 0.15) is 60.3 Å². The fourth-order valence-electron chi connectivity index (χ4n) is 2.82. The number of hydrogen-bond acceptors (Lipinski definition) is 2. The van der Waals surface area contributed by atoms with Crippen molar-refractivity contribution in [3.63, 3.8) is 0 Å². The number of hydrogen-bond donors (Lipinski definition) is 1. The molecular weight excluding hydrogens is 208 g/mol. The van der Waals surface area contributed by atoms with Crippen LogP contribution in [0.3, 0.4) is 0 Å². The van der Waals surface area contributed by atoms with Crippen molar-refractivity contribution in [2.75, 3.05) is 19.6 Å². The van der Waals surface area contributed by atoms with Gasteiger partial charge in [0.2, 0.25) is 0 Å². The van der Waals surface area contributed by atoms with Gasteiger partial charge in [-0.3, -0.25) is 4.90 Å². The van der Waals surface area contributed by atoms with E-state index in [0.29, 0.717) is 11.5 Å². The van der Waals surface area contributed by atoms with Crippen LogP contribution in [0.5, 0.6) is 0 Å². The van der Waals surface area contributed by atoms with Crippen molar-refractivity contribution in [1.29, 1.82) is 0 Å². The molecule has 17 heavy (non-hydrogen) atoms. The normalized spacial score (nSPS) is 23.3. The Morgan fingerprint density at radius 1 is 1.29 bits per heavy atom. The fourth-order valence-corrected chi connectivity index (χ4v) is 2.82. The Balaban J connectivity index is 2.43. The number of likely N-dealkylation sites (tertiary alicyclic amines) is 1. The van der Waals surface area contributed by atoms with Gasteiger partial charge in [0, 0.05) is 25.2 Å². The Kier molecular flexibility index (Phi) is 5.94. The van der Waals surface area contributed by atoms with Gasteiger partial charge in [0.05, 0.1) is 0 Å². The molecule has 0 radical (unpaired) electrons. The summed E-state index contributed by atoms with van der Waals surface area (Å²) in [7, 11) is 0. The van der Waals surface area contributed by atoms with Gasteiger partial charge in [0.1, 0.15) is 0 Å². The van der Waals surface area contributed by atoms with Gasteiger partial charge in [0.25, 0.3) is 0 Å². The second-order valence-electron chi connectivity index (χ2n) is 6.73. The largest absolute Gasteiger partial charge is 0.314 e. The van der Waals surface area contributed by atoms with E-state index in [9.17, 15) is 0 Å². The average molecular weight is 240 g/mol. The zero-order chi connectivity index (χ0) is 12.9. The van der Waals surface area contributed by atoms with Gasteiger partial charge >= 0.3 is 0 Å². The highest BCUT2D eigenvalue weighted by molar-refractivity contribution is 4.83. The molecule has 102 valence electrons. The molecule has 0 saturated carbocycles. The number of rotatable bonds is 6. The maximum Gasteiger partial charge on any atom is 0.00928 e. The van der Waals surface area contributed by atoms with Crippen molar-refractivity contribution >= 4 is 0 Å². The summed E-state index contributed by atoms with van der Waals surface area (Å²) in [4.78, 5) is 2.73. The first kappa shape index (κ1) is 15.0. The molecule has 0 aliphatic carbocycles. The third-order valence-corrected chi connectivity index (χ3v) is 3.84. The maximum absolute atomic E-state index is 3.58. The number of nitrogens with one attached hydrogen (secondary N) is 1. The van der Waals surface area contributed by atoms with E-state index in [1.54, 1.807) is 0 Å². The SMILES string of the molecule is CCC1CCCCN1CC(C)(C)CNC(C)C. The molecule has 2 nitrogen and oxygen atoms in total. The van der Waals surface area contributed by atoms with Crippen LogP contribution in [0.4, 0.5) is 0 Å². The lowest BCUT2D eigenvalue weighted by Gasteiger charge is -2.40. The lowest BCUT2D eigenvalue weighted by atomic mass is 9.89. The van der Waals surface area contributed by atoms with Gasteiger partial charge in [-0.2, -0.15) is 0 Å². The van der Waals surface area contributed by atoms with Gasteiger partial charge in [-0.1, -0.05) is 41.0 Å². The predicted octanol–water partition coefficient (Wildman–Crippen LogP) is 3.28. The second kappa shape index (κ2) is 6.75. The van der Waals surface area contributed by atoms with Crippen LogP contribution in [-0.2, 0) is 0 Å². The van der Waals surface area contributed by atoms with E-state index in [-0.39, 0.29) is 0 Å². The third kappa shape index (κ3) is 5.39. The smallest absolute Gasteiger partial charge is 0.00928 e. The maximum atomic E-state index is 3.58. The molecule has 1 rings (SSSR count). The van der Waals surface area contributed by atoms with E-state index >= 15 is 0 Å². The van der Waals surface area contributed by atoms with Crippen LogP contribution < -0.4 is 5.32 Å². The van der Waals surface area contributed by atoms with Crippen LogP contribution in [0.2, 0.25) is 0 Å². The summed E-state index contributed by atoms with van der Waals surface area (Å²) in [5.74, 6) is 0. The van der Waals surface area contributed by atoms with Crippen LogP contribution in [0.15, 0.2) is 0 Å². The monoisotopic (exact) mass is 240 g/mol. The van der Waals surface area contributed by atoms with Crippen molar-refractivity contribution in [2.24, 2.45) is 5.41 Å². The Hall–Kier alpha value is -0.0800. The quantitative estimate of drug-likeness (QED) is 0.766. The molecule has 1 aliphatic heterocycles. The fraction of sp³-hybridized carbons (Fsp3) is 1.00. The Morgan fingerprint density at radius 2 is 2.00 bits per heavy atom. The molecule has 0 bridgehead atoms. The standard InChI is InChI=1S/C15H32N2/c1-6-14-9-7-8-10-17(14)12-15(4,5)11-16-13(2)3/h13-14,16H,6-12H2,1-5H3. The summed E-state index contributed by atoms with van der Waals surface area (Å²) in [5, 5.41) is 3.58. The molecule has 1 fully saturated rings. The highest BCUT2D eigenvalue weighted by Gasteiger charge is 2.27. The predicted molar refractivity (Wildman–Crippen MR) is 76.4 cm³/mol. The summed E-state index contributed by atoms with van der Waals surface area (Å²) >= 11 is 0. The minimum Gasteiger partial charge on any atom is -0.314 e. The minimum absolute atomic E-state index is 0.384. The van der Waals surface area contributed by atoms with E-state index in [1.165, 1.54) is 38.8 Å². The summed E-state index contributed by atoms with van der Waals surface area (Å²) in [6.07, 6.45) is 5.54. The zero-order valence-electron chi connectivity index (χ0n) is 12.6. The van der Waals surface area contributed by atoms with Crippen molar-refractivity contribution in [2.45, 2.75) is 72.4 Å². The minimum atomic E-state index is 0.384. The summed E-state index contributed by atoms with van der Waals surface area (Å²) in [6, 6.07) is 1.43. The summed E-state index contributed by atoms with van der Waals surface area (Å²) in [6.45, 7) is 15.2. The molecule has 2 heteroatoms. The molecule has 0 amide bonds. The van der Waals surface area contributed by atoms with Crippen molar-refractivity contribution < 1.29 is 0 Å². The van der Waals surface area contributed by atoms with Crippen LogP contribution >= 0.6 is 0 Å². The molecule has 0 aromatic carbocycles. The molecule has 0 spiro atoms. The molecule has 1 heterocycles. The van der Waals surface area contributed by atoms with E-state index in [2.05, 4.69) is 44.8 Å². The van der Waals surface area contributed by atoms with E-state index in [0.717, 1.165) is 12.6 Å². The van der Waals surface area contributed by atoms with E-state index in [1.807, 2.05) is 0 Å². The van der Waals surface area contributed by atoms with Gasteiger partial charge in [-0.05, 0) is 31.2 Å². The first-order valence-electron chi connectivity index (χ1n) is 7.42. The van der Waals surface area contributed by atoms with Crippen molar-refractivity contribution in [3.05, 3.63) is 0 Å². The van der Waals surface area contributed by atoms with Gasteiger partial charge in [-0.15, -0.1) is 0 Å². The Bertz CT molecular complexity index is 211. The summed E-state index contributed by atoms with van der Waals surface area (Å²) in [5.41, 5.74) is 0.384. The van der Waals surface area contributed by atoms with E-state index < -0.39 is 0 Å². The molecule has 0 aromatic heterocycles. The lowest BCUT2D eigenvalue weighted by Crippen LogP contribution is -2.47. The highest BCUT2D eigenvalue weighted by atomic mass is 15.2. The van der Waals surface area contributed by atoms with Crippen LogP contribution in [-0.4, -0.2) is 36.6 Å². The van der Waals surface area contributed by atoms with E-state index in [4.69, 9.17) is 0 Å². The first-order chi connectivity index (χ1) is 7.94. The van der Waals surface area contributed by atoms with Gasteiger partial charge < -0.3 is 5.32 Å². The Labute approximate surface area is 108 Å². The molecule has 1 unspecified atom stereocenters. The van der Waals surface area contributed by atoms with Crippen molar-refractivity contribution in [1.82, 2.24) is 10.2 Å². The molecule has 0 aromatic rings. The van der Waals surface area contributed by atoms with Gasteiger partial charge in [0.15, 0.2) is 0 Å². The average Bonchev–Trinajstić information content (AvgIpc) is 2.27. The lowest BCUT2D eigenvalue weighted by molar-refractivity contribution is 0.0918. The van der Waals surface area contributed by atoms with Crippen LogP contribution in [0, 0.1) is 5.41 Å². The van der Waals surface area contributed by atoms with Gasteiger partial charge in [-0.25, -0.2) is 0 Å². The molecule has 1 atom stereocenters. The zero-order valence-corrected chi connectivity index (χ0v) is 12.6. The summed E-state index contributed by atoms with van der Waals surface area (Å²) < 4.78 is 0. The second-order valence-corrected chi connectivity index (χ2v) is 6.73.